The molecule has 34 heavy (non-hydrogen) atoms. The van der Waals surface area contributed by atoms with Gasteiger partial charge in [0.05, 0.1) is 31.4 Å². The van der Waals surface area contributed by atoms with Gasteiger partial charge in [-0.3, -0.25) is 9.59 Å². The zero-order valence-corrected chi connectivity index (χ0v) is 20.4. The Kier molecular flexibility index (Phi) is 7.85. The van der Waals surface area contributed by atoms with Crippen LogP contribution >= 0.6 is 11.3 Å². The van der Waals surface area contributed by atoms with E-state index >= 15 is 0 Å². The Morgan fingerprint density at radius 3 is 2.50 bits per heavy atom. The minimum absolute atomic E-state index is 0.148. The monoisotopic (exact) mass is 478 g/mol. The molecular formula is C27H30N2O4S. The molecule has 178 valence electrons. The van der Waals surface area contributed by atoms with E-state index < -0.39 is 0 Å². The number of hydrogen-bond donors (Lipinski definition) is 2. The SMILES string of the molecule is CCOc1ccccc1NC(=O)c1c(NC(=O)Cc2ccc(OC)cc2)sc2c1CCCCC2. The highest BCUT2D eigenvalue weighted by Crippen LogP contribution is 2.38. The number of anilines is 2. The van der Waals surface area contributed by atoms with Crippen LogP contribution in [-0.2, 0) is 24.1 Å². The van der Waals surface area contributed by atoms with Crippen LogP contribution < -0.4 is 20.1 Å². The Hall–Kier alpha value is -3.32. The number of nitrogens with one attached hydrogen (secondary N) is 2. The predicted octanol–water partition coefficient (Wildman–Crippen LogP) is 5.86. The Balaban J connectivity index is 1.59. The van der Waals surface area contributed by atoms with Crippen molar-refractivity contribution >= 4 is 33.8 Å². The number of para-hydroxylation sites is 2. The second-order valence-electron chi connectivity index (χ2n) is 8.22. The number of rotatable bonds is 8. The lowest BCUT2D eigenvalue weighted by Crippen LogP contribution is -2.19. The van der Waals surface area contributed by atoms with Crippen molar-refractivity contribution in [2.75, 3.05) is 24.4 Å². The van der Waals surface area contributed by atoms with Crippen LogP contribution in [-0.4, -0.2) is 25.5 Å². The van der Waals surface area contributed by atoms with Gasteiger partial charge in [0, 0.05) is 4.88 Å². The van der Waals surface area contributed by atoms with Crippen LogP contribution in [0.5, 0.6) is 11.5 Å². The molecule has 0 saturated carbocycles. The van der Waals surface area contributed by atoms with Crippen molar-refractivity contribution in [2.24, 2.45) is 0 Å². The van der Waals surface area contributed by atoms with Crippen LogP contribution in [0, 0.1) is 0 Å². The number of carbonyl (C=O) groups excluding carboxylic acids is 2. The van der Waals surface area contributed by atoms with Gasteiger partial charge in [-0.1, -0.05) is 30.7 Å². The largest absolute Gasteiger partial charge is 0.497 e. The molecule has 2 N–H and O–H groups in total. The molecule has 1 aromatic heterocycles. The lowest BCUT2D eigenvalue weighted by atomic mass is 10.0. The Labute approximate surface area is 204 Å². The molecule has 0 bridgehead atoms. The maximum atomic E-state index is 13.5. The number of aryl methyl sites for hydroxylation is 1. The molecule has 3 aromatic rings. The average molecular weight is 479 g/mol. The third kappa shape index (κ3) is 5.59. The van der Waals surface area contributed by atoms with Gasteiger partial charge in [-0.15, -0.1) is 11.3 Å². The van der Waals surface area contributed by atoms with Gasteiger partial charge in [-0.05, 0) is 68.0 Å². The van der Waals surface area contributed by atoms with Gasteiger partial charge >= 0.3 is 0 Å². The minimum Gasteiger partial charge on any atom is -0.497 e. The summed E-state index contributed by atoms with van der Waals surface area (Å²) in [6, 6.07) is 14.8. The molecule has 0 unspecified atom stereocenters. The first-order valence-corrected chi connectivity index (χ1v) is 12.5. The highest BCUT2D eigenvalue weighted by Gasteiger charge is 2.26. The van der Waals surface area contributed by atoms with Gasteiger partial charge in [0.15, 0.2) is 0 Å². The van der Waals surface area contributed by atoms with Crippen molar-refractivity contribution in [3.8, 4) is 11.5 Å². The van der Waals surface area contributed by atoms with Gasteiger partial charge < -0.3 is 20.1 Å². The molecule has 0 fully saturated rings. The van der Waals surface area contributed by atoms with E-state index in [0.717, 1.165) is 49.0 Å². The Morgan fingerprint density at radius 2 is 1.74 bits per heavy atom. The maximum Gasteiger partial charge on any atom is 0.259 e. The molecular weight excluding hydrogens is 448 g/mol. The quantitative estimate of drug-likeness (QED) is 0.398. The van der Waals surface area contributed by atoms with Crippen LogP contribution in [0.4, 0.5) is 10.7 Å². The molecule has 0 saturated heterocycles. The van der Waals surface area contributed by atoms with Crippen LogP contribution in [0.1, 0.15) is 52.5 Å². The molecule has 1 aliphatic rings. The summed E-state index contributed by atoms with van der Waals surface area (Å²) in [5.41, 5.74) is 3.15. The summed E-state index contributed by atoms with van der Waals surface area (Å²) in [6.45, 7) is 2.42. The van der Waals surface area contributed by atoms with Gasteiger partial charge in [-0.25, -0.2) is 0 Å². The van der Waals surface area contributed by atoms with Crippen molar-refractivity contribution in [1.82, 2.24) is 0 Å². The molecule has 6 nitrogen and oxygen atoms in total. The van der Waals surface area contributed by atoms with Crippen LogP contribution in [0.3, 0.4) is 0 Å². The first-order chi connectivity index (χ1) is 16.6. The fourth-order valence-electron chi connectivity index (χ4n) is 4.21. The average Bonchev–Trinajstić information content (AvgIpc) is 3.01. The summed E-state index contributed by atoms with van der Waals surface area (Å²) in [5, 5.41) is 6.67. The van der Waals surface area contributed by atoms with Crippen molar-refractivity contribution < 1.29 is 19.1 Å². The van der Waals surface area contributed by atoms with E-state index in [0.29, 0.717) is 28.6 Å². The Bertz CT molecular complexity index is 1150. The van der Waals surface area contributed by atoms with E-state index in [9.17, 15) is 9.59 Å². The summed E-state index contributed by atoms with van der Waals surface area (Å²) in [4.78, 5) is 27.6. The molecule has 0 atom stereocenters. The van der Waals surface area contributed by atoms with Crippen molar-refractivity contribution in [3.05, 3.63) is 70.1 Å². The number of thiophene rings is 1. The topological polar surface area (TPSA) is 76.7 Å². The van der Waals surface area contributed by atoms with Crippen LogP contribution in [0.25, 0.3) is 0 Å². The third-order valence-corrected chi connectivity index (χ3v) is 7.07. The molecule has 7 heteroatoms. The maximum absolute atomic E-state index is 13.5. The second-order valence-corrected chi connectivity index (χ2v) is 9.33. The highest BCUT2D eigenvalue weighted by atomic mass is 32.1. The van der Waals surface area contributed by atoms with Crippen molar-refractivity contribution in [2.45, 2.75) is 45.4 Å². The molecule has 0 spiro atoms. The smallest absolute Gasteiger partial charge is 0.259 e. The van der Waals surface area contributed by atoms with Crippen LogP contribution in [0.15, 0.2) is 48.5 Å². The lowest BCUT2D eigenvalue weighted by molar-refractivity contribution is -0.115. The van der Waals surface area contributed by atoms with E-state index in [2.05, 4.69) is 10.6 Å². The molecule has 2 amide bonds. The number of hydrogen-bond acceptors (Lipinski definition) is 5. The lowest BCUT2D eigenvalue weighted by Gasteiger charge is -2.13. The van der Waals surface area contributed by atoms with Gasteiger partial charge in [0.1, 0.15) is 16.5 Å². The summed E-state index contributed by atoms with van der Waals surface area (Å²) in [5.74, 6) is 1.01. The molecule has 2 aromatic carbocycles. The minimum atomic E-state index is -0.216. The number of methoxy groups -OCH3 is 1. The van der Waals surface area contributed by atoms with E-state index in [-0.39, 0.29) is 18.2 Å². The molecule has 1 aliphatic carbocycles. The van der Waals surface area contributed by atoms with Gasteiger partial charge in [0.2, 0.25) is 5.91 Å². The summed E-state index contributed by atoms with van der Waals surface area (Å²) >= 11 is 1.53. The van der Waals surface area contributed by atoms with E-state index in [1.54, 1.807) is 7.11 Å². The first-order valence-electron chi connectivity index (χ1n) is 11.7. The number of amides is 2. The molecule has 4 rings (SSSR count). The summed E-state index contributed by atoms with van der Waals surface area (Å²) < 4.78 is 10.9. The van der Waals surface area contributed by atoms with Gasteiger partial charge in [-0.2, -0.15) is 0 Å². The van der Waals surface area contributed by atoms with E-state index in [1.807, 2.05) is 55.5 Å². The van der Waals surface area contributed by atoms with E-state index in [4.69, 9.17) is 9.47 Å². The van der Waals surface area contributed by atoms with Gasteiger partial charge in [0.25, 0.3) is 5.91 Å². The molecule has 0 radical (unpaired) electrons. The standard InChI is InChI=1S/C27H30N2O4S/c1-3-33-22-11-8-7-10-21(22)28-26(31)25-20-9-5-4-6-12-23(20)34-27(25)29-24(30)17-18-13-15-19(32-2)16-14-18/h7-8,10-11,13-16H,3-6,9,12,17H2,1-2H3,(H,28,31)(H,29,30). The zero-order chi connectivity index (χ0) is 23.9. The van der Waals surface area contributed by atoms with Crippen molar-refractivity contribution in [3.63, 3.8) is 0 Å². The predicted molar refractivity (Wildman–Crippen MR) is 136 cm³/mol. The number of carbonyl (C=O) groups is 2. The van der Waals surface area contributed by atoms with Crippen molar-refractivity contribution in [1.29, 1.82) is 0 Å². The molecule has 0 aliphatic heterocycles. The third-order valence-electron chi connectivity index (χ3n) is 5.86. The fraction of sp³-hybridized carbons (Fsp3) is 0.333. The Morgan fingerprint density at radius 1 is 0.971 bits per heavy atom. The summed E-state index contributed by atoms with van der Waals surface area (Å²) in [6.07, 6.45) is 5.29. The highest BCUT2D eigenvalue weighted by molar-refractivity contribution is 7.17. The number of ether oxygens (including phenoxy) is 2. The first kappa shape index (κ1) is 23.8. The number of benzene rings is 2. The van der Waals surface area contributed by atoms with Crippen LogP contribution in [0.2, 0.25) is 0 Å². The van der Waals surface area contributed by atoms with E-state index in [1.165, 1.54) is 16.2 Å². The summed E-state index contributed by atoms with van der Waals surface area (Å²) in [7, 11) is 1.61. The normalized spacial score (nSPS) is 12.9. The second kappa shape index (κ2) is 11.2. The zero-order valence-electron chi connectivity index (χ0n) is 19.6. The number of fused-ring (bicyclic) bond motifs is 1. The molecule has 1 heterocycles. The fourth-order valence-corrected chi connectivity index (χ4v) is 5.51.